The maximum Gasteiger partial charge on any atom is 0.0726 e. The molecule has 0 amide bonds. The van der Waals surface area contributed by atoms with Gasteiger partial charge in [0.25, 0.3) is 0 Å². The summed E-state index contributed by atoms with van der Waals surface area (Å²) in [6, 6.07) is 67.6. The standard InChI is InChI=1S/C49H30N2/c1-2-14-31(15-3-1)50-43-24-12-7-19-37(43)47-45(50)28-29-46-48(47)38-20-8-13-25-44(38)51(46)32-26-27-36-35-18-6-11-23-41(35)49(42(36)30-32)39-21-9-4-16-33(39)34-17-5-10-22-40(34)49/h1-30H. The van der Waals surface area contributed by atoms with Crippen molar-refractivity contribution in [2.45, 2.75) is 5.41 Å². The zero-order chi connectivity index (χ0) is 33.3. The quantitative estimate of drug-likeness (QED) is 0.177. The minimum absolute atomic E-state index is 0.385. The van der Waals surface area contributed by atoms with E-state index in [-0.39, 0.29) is 5.41 Å². The molecular weight excluding hydrogens is 617 g/mol. The maximum absolute atomic E-state index is 2.50. The predicted octanol–water partition coefficient (Wildman–Crippen LogP) is 12.2. The summed E-state index contributed by atoms with van der Waals surface area (Å²) in [4.78, 5) is 0. The van der Waals surface area contributed by atoms with E-state index in [0.717, 1.165) is 0 Å². The third kappa shape index (κ3) is 3.28. The fourth-order valence-electron chi connectivity index (χ4n) is 9.87. The van der Waals surface area contributed by atoms with Crippen molar-refractivity contribution in [3.8, 4) is 33.6 Å². The summed E-state index contributed by atoms with van der Waals surface area (Å²) >= 11 is 0. The molecule has 2 heterocycles. The lowest BCUT2D eigenvalue weighted by Crippen LogP contribution is -2.26. The highest BCUT2D eigenvalue weighted by Crippen LogP contribution is 2.63. The van der Waals surface area contributed by atoms with Crippen LogP contribution in [0.15, 0.2) is 182 Å². The number of rotatable bonds is 2. The van der Waals surface area contributed by atoms with Gasteiger partial charge in [0.2, 0.25) is 0 Å². The fourth-order valence-corrected chi connectivity index (χ4v) is 9.87. The van der Waals surface area contributed by atoms with Gasteiger partial charge in [0.05, 0.1) is 27.5 Å². The van der Waals surface area contributed by atoms with Crippen LogP contribution in [-0.2, 0) is 5.41 Å². The van der Waals surface area contributed by atoms with Crippen LogP contribution >= 0.6 is 0 Å². The lowest BCUT2D eigenvalue weighted by molar-refractivity contribution is 0.792. The van der Waals surface area contributed by atoms with Crippen LogP contribution in [0.2, 0.25) is 0 Å². The fraction of sp³-hybridized carbons (Fsp3) is 0.0204. The van der Waals surface area contributed by atoms with E-state index in [4.69, 9.17) is 0 Å². The van der Waals surface area contributed by atoms with Gasteiger partial charge in [-0.15, -0.1) is 0 Å². The molecule has 0 bridgehead atoms. The SMILES string of the molecule is c1ccc(-n2c3ccccc3c3c4c5ccccc5n(-c5ccc6c(c5)C5(c7ccccc7-c7ccccc75)c5ccccc5-6)c4ccc32)cc1. The Morgan fingerprint density at radius 2 is 0.725 bits per heavy atom. The van der Waals surface area contributed by atoms with Crippen LogP contribution in [0, 0.1) is 0 Å². The van der Waals surface area contributed by atoms with Crippen LogP contribution in [0.25, 0.3) is 77.2 Å². The Morgan fingerprint density at radius 1 is 0.294 bits per heavy atom. The molecule has 0 N–H and O–H groups in total. The summed E-state index contributed by atoms with van der Waals surface area (Å²) in [5.41, 5.74) is 17.6. The van der Waals surface area contributed by atoms with Crippen molar-refractivity contribution in [1.82, 2.24) is 9.13 Å². The van der Waals surface area contributed by atoms with E-state index >= 15 is 0 Å². The first-order valence-electron chi connectivity index (χ1n) is 17.8. The molecule has 0 fully saturated rings. The number of aromatic nitrogens is 2. The number of hydrogen-bond donors (Lipinski definition) is 0. The second kappa shape index (κ2) is 9.74. The zero-order valence-corrected chi connectivity index (χ0v) is 27.7. The molecule has 0 atom stereocenters. The summed E-state index contributed by atoms with van der Waals surface area (Å²) < 4.78 is 4.92. The monoisotopic (exact) mass is 646 g/mol. The molecule has 0 radical (unpaired) electrons. The molecule has 12 rings (SSSR count). The Labute approximate surface area is 295 Å². The molecule has 1 spiro atoms. The van der Waals surface area contributed by atoms with Gasteiger partial charge in [-0.2, -0.15) is 0 Å². The number of benzene rings is 8. The highest BCUT2D eigenvalue weighted by molar-refractivity contribution is 6.29. The van der Waals surface area contributed by atoms with Crippen molar-refractivity contribution in [3.63, 3.8) is 0 Å². The molecule has 0 aliphatic heterocycles. The van der Waals surface area contributed by atoms with Crippen molar-refractivity contribution in [2.75, 3.05) is 0 Å². The maximum atomic E-state index is 2.50. The van der Waals surface area contributed by atoms with Crippen LogP contribution < -0.4 is 0 Å². The first kappa shape index (κ1) is 27.2. The van der Waals surface area contributed by atoms with E-state index in [0.29, 0.717) is 0 Å². The normalized spacial score (nSPS) is 13.6. The first-order valence-corrected chi connectivity index (χ1v) is 17.8. The number of nitrogens with zero attached hydrogens (tertiary/aromatic N) is 2. The van der Waals surface area contributed by atoms with Crippen molar-refractivity contribution in [1.29, 1.82) is 0 Å². The summed E-state index contributed by atoms with van der Waals surface area (Å²) in [6.45, 7) is 0. The second-order valence-electron chi connectivity index (χ2n) is 14.0. The average Bonchev–Trinajstić information content (AvgIpc) is 3.90. The molecule has 0 saturated heterocycles. The number of hydrogen-bond acceptors (Lipinski definition) is 0. The van der Waals surface area contributed by atoms with Crippen LogP contribution in [-0.4, -0.2) is 9.13 Å². The molecule has 0 unspecified atom stereocenters. The molecular formula is C49H30N2. The van der Waals surface area contributed by atoms with E-state index in [1.807, 2.05) is 0 Å². The van der Waals surface area contributed by atoms with Crippen LogP contribution in [0.5, 0.6) is 0 Å². The minimum Gasteiger partial charge on any atom is -0.309 e. The van der Waals surface area contributed by atoms with Crippen molar-refractivity contribution in [3.05, 3.63) is 204 Å². The van der Waals surface area contributed by atoms with Gasteiger partial charge in [0.15, 0.2) is 0 Å². The minimum atomic E-state index is -0.385. The van der Waals surface area contributed by atoms with E-state index in [1.54, 1.807) is 0 Å². The van der Waals surface area contributed by atoms with Gasteiger partial charge in [0.1, 0.15) is 0 Å². The van der Waals surface area contributed by atoms with Gasteiger partial charge in [-0.3, -0.25) is 0 Å². The van der Waals surface area contributed by atoms with E-state index in [9.17, 15) is 0 Å². The third-order valence-electron chi connectivity index (χ3n) is 11.7. The molecule has 2 aromatic heterocycles. The summed E-state index contributed by atoms with van der Waals surface area (Å²) in [5.74, 6) is 0. The number of para-hydroxylation sites is 3. The molecule has 2 aliphatic carbocycles. The van der Waals surface area contributed by atoms with E-state index in [1.165, 1.54) is 99.5 Å². The Balaban J connectivity index is 1.20. The topological polar surface area (TPSA) is 9.86 Å². The van der Waals surface area contributed by atoms with Crippen molar-refractivity contribution >= 4 is 43.6 Å². The molecule has 8 aromatic carbocycles. The molecule has 0 saturated carbocycles. The van der Waals surface area contributed by atoms with Crippen molar-refractivity contribution in [2.24, 2.45) is 0 Å². The molecule has 51 heavy (non-hydrogen) atoms. The van der Waals surface area contributed by atoms with Crippen LogP contribution in [0.1, 0.15) is 22.3 Å². The van der Waals surface area contributed by atoms with E-state index in [2.05, 4.69) is 191 Å². The lowest BCUT2D eigenvalue weighted by atomic mass is 9.70. The van der Waals surface area contributed by atoms with Gasteiger partial charge in [-0.05, 0) is 93.0 Å². The van der Waals surface area contributed by atoms with Gasteiger partial charge in [0, 0.05) is 32.9 Å². The van der Waals surface area contributed by atoms with Gasteiger partial charge >= 0.3 is 0 Å². The molecule has 2 aliphatic rings. The second-order valence-corrected chi connectivity index (χ2v) is 14.0. The molecule has 10 aromatic rings. The van der Waals surface area contributed by atoms with E-state index < -0.39 is 0 Å². The van der Waals surface area contributed by atoms with Crippen molar-refractivity contribution < 1.29 is 0 Å². The Kier molecular flexibility index (Phi) is 5.20. The highest BCUT2D eigenvalue weighted by Gasteiger charge is 2.51. The first-order chi connectivity index (χ1) is 25.3. The summed E-state index contributed by atoms with van der Waals surface area (Å²) in [5, 5.41) is 5.13. The third-order valence-corrected chi connectivity index (χ3v) is 11.7. The number of fused-ring (bicyclic) bond motifs is 17. The summed E-state index contributed by atoms with van der Waals surface area (Å²) in [6.07, 6.45) is 0. The molecule has 236 valence electrons. The Bertz CT molecular complexity index is 3020. The Hall–Kier alpha value is -6.64. The predicted molar refractivity (Wildman–Crippen MR) is 211 cm³/mol. The molecule has 2 heteroatoms. The van der Waals surface area contributed by atoms with Gasteiger partial charge in [-0.1, -0.05) is 133 Å². The lowest BCUT2D eigenvalue weighted by Gasteiger charge is -2.30. The smallest absolute Gasteiger partial charge is 0.0726 e. The summed E-state index contributed by atoms with van der Waals surface area (Å²) in [7, 11) is 0. The largest absolute Gasteiger partial charge is 0.309 e. The molecule has 2 nitrogen and oxygen atoms in total. The van der Waals surface area contributed by atoms with Crippen LogP contribution in [0.4, 0.5) is 0 Å². The zero-order valence-electron chi connectivity index (χ0n) is 27.7. The highest BCUT2D eigenvalue weighted by atomic mass is 15.0. The van der Waals surface area contributed by atoms with Crippen LogP contribution in [0.3, 0.4) is 0 Å². The van der Waals surface area contributed by atoms with Gasteiger partial charge in [-0.25, -0.2) is 0 Å². The Morgan fingerprint density at radius 3 is 1.27 bits per heavy atom. The average molecular weight is 647 g/mol. The van der Waals surface area contributed by atoms with Gasteiger partial charge < -0.3 is 9.13 Å².